The topological polar surface area (TPSA) is 12.5 Å². The number of ether oxygens (including phenoxy) is 1. The van der Waals surface area contributed by atoms with Gasteiger partial charge in [0.2, 0.25) is 0 Å². The summed E-state index contributed by atoms with van der Waals surface area (Å²) in [5.74, 6) is 7.50. The summed E-state index contributed by atoms with van der Waals surface area (Å²) in [6, 6.07) is 18.9. The molecule has 2 aliphatic rings. The van der Waals surface area contributed by atoms with E-state index in [1.54, 1.807) is 7.11 Å². The van der Waals surface area contributed by atoms with Crippen molar-refractivity contribution in [1.82, 2.24) is 4.31 Å². The summed E-state index contributed by atoms with van der Waals surface area (Å²) < 4.78 is 7.55. The van der Waals surface area contributed by atoms with Crippen LogP contribution < -0.4 is 4.74 Å². The Morgan fingerprint density at radius 2 is 1.86 bits per heavy atom. The maximum absolute atomic E-state index is 5.20. The van der Waals surface area contributed by atoms with Crippen LogP contribution in [0.1, 0.15) is 11.1 Å². The zero-order chi connectivity index (χ0) is 20.1. The van der Waals surface area contributed by atoms with Crippen LogP contribution in [0.2, 0.25) is 0 Å². The molecule has 0 saturated heterocycles. The van der Waals surface area contributed by atoms with Crippen molar-refractivity contribution in [1.29, 1.82) is 0 Å². The minimum atomic E-state index is 0.316. The molecular formula is C26H24NOS. The van der Waals surface area contributed by atoms with Gasteiger partial charge in [0, 0.05) is 16.9 Å². The van der Waals surface area contributed by atoms with Crippen LogP contribution in [0.3, 0.4) is 0 Å². The van der Waals surface area contributed by atoms with Crippen LogP contribution in [-0.2, 0) is 6.42 Å². The van der Waals surface area contributed by atoms with Gasteiger partial charge in [-0.05, 0) is 60.2 Å². The molecule has 2 aromatic rings. The number of hydrogen-bond donors (Lipinski definition) is 1. The molecule has 1 unspecified atom stereocenters. The van der Waals surface area contributed by atoms with Crippen LogP contribution in [0, 0.1) is 11.8 Å². The molecule has 1 atom stereocenters. The first-order valence-electron chi connectivity index (χ1n) is 9.66. The first-order valence-corrected chi connectivity index (χ1v) is 10.5. The maximum atomic E-state index is 5.20. The summed E-state index contributed by atoms with van der Waals surface area (Å²) in [6.45, 7) is 0. The van der Waals surface area contributed by atoms with Gasteiger partial charge in [-0.25, -0.2) is 4.31 Å². The summed E-state index contributed by atoms with van der Waals surface area (Å²) >= 11 is 1.22. The lowest BCUT2D eigenvalue weighted by Gasteiger charge is -2.33. The van der Waals surface area contributed by atoms with Crippen molar-refractivity contribution in [3.8, 4) is 17.6 Å². The van der Waals surface area contributed by atoms with Crippen LogP contribution in [0.25, 0.3) is 6.08 Å². The molecule has 1 radical (unpaired) electrons. The number of likely N-dealkylation sites (N-methyl/N-ethyl adjacent to an activating group) is 1. The number of rotatable bonds is 3. The molecule has 1 aliphatic heterocycles. The fourth-order valence-corrected chi connectivity index (χ4v) is 4.50. The van der Waals surface area contributed by atoms with Gasteiger partial charge >= 0.3 is 0 Å². The highest BCUT2D eigenvalue weighted by atomic mass is 32.2. The van der Waals surface area contributed by atoms with Crippen molar-refractivity contribution in [3.63, 3.8) is 0 Å². The van der Waals surface area contributed by atoms with Gasteiger partial charge in [-0.3, -0.25) is 0 Å². The third kappa shape index (κ3) is 4.92. The van der Waals surface area contributed by atoms with Gasteiger partial charge in [-0.1, -0.05) is 60.4 Å². The van der Waals surface area contributed by atoms with Crippen molar-refractivity contribution in [2.75, 3.05) is 14.2 Å². The Kier molecular flexibility index (Phi) is 6.05. The van der Waals surface area contributed by atoms with E-state index in [1.807, 2.05) is 18.2 Å². The highest BCUT2D eigenvalue weighted by Gasteiger charge is 2.23. The average Bonchev–Trinajstić information content (AvgIpc) is 2.75. The number of hydrogen-bond acceptors (Lipinski definition) is 2. The van der Waals surface area contributed by atoms with Crippen LogP contribution in [-0.4, -0.2) is 24.5 Å². The van der Waals surface area contributed by atoms with E-state index in [1.165, 1.54) is 33.6 Å². The Morgan fingerprint density at radius 1 is 1.07 bits per heavy atom. The van der Waals surface area contributed by atoms with E-state index in [0.717, 1.165) is 17.7 Å². The van der Waals surface area contributed by atoms with Crippen molar-refractivity contribution in [2.45, 2.75) is 12.5 Å². The standard InChI is InChI=1S/C26H24NOS/c1-27-26-16-13-22(10-6-9-20-11-14-24(28-2)15-12-20)17-23(26)19-25(29-27)18-21-7-4-3-5-8-21/h3-5,7-8,11-19,26,29H,9H2,1-2H3/b25-18+. The minimum absolute atomic E-state index is 0.316. The van der Waals surface area contributed by atoms with Crippen molar-refractivity contribution in [3.05, 3.63) is 106 Å². The first-order chi connectivity index (χ1) is 14.2. The summed E-state index contributed by atoms with van der Waals surface area (Å²) in [4.78, 5) is 1.29. The predicted molar refractivity (Wildman–Crippen MR) is 125 cm³/mol. The number of methoxy groups -OCH3 is 1. The number of nitrogens with zero attached hydrogens (tertiary/aromatic N) is 1. The molecule has 145 valence electrons. The third-order valence-electron chi connectivity index (χ3n) is 4.91. The fraction of sp³-hybridized carbons (Fsp3) is 0.154. The summed E-state index contributed by atoms with van der Waals surface area (Å²) in [5, 5.41) is 0. The lowest BCUT2D eigenvalue weighted by molar-refractivity contribution is 0.414. The van der Waals surface area contributed by atoms with Gasteiger partial charge in [-0.15, -0.1) is 11.9 Å². The van der Waals surface area contributed by atoms with Gasteiger partial charge < -0.3 is 4.74 Å². The normalized spacial score (nSPS) is 19.7. The molecule has 2 aromatic carbocycles. The second kappa shape index (κ2) is 9.05. The molecule has 2 nitrogen and oxygen atoms in total. The average molecular weight is 399 g/mol. The number of fused-ring (bicyclic) bond motifs is 1. The summed E-state index contributed by atoms with van der Waals surface area (Å²) in [5.41, 5.74) is 4.78. The quantitative estimate of drug-likeness (QED) is 0.549. The second-order valence-electron chi connectivity index (χ2n) is 7.03. The molecule has 1 heterocycles. The molecule has 0 fully saturated rings. The number of benzene rings is 2. The van der Waals surface area contributed by atoms with Crippen LogP contribution in [0.4, 0.5) is 0 Å². The molecular weight excluding hydrogens is 374 g/mol. The van der Waals surface area contributed by atoms with Gasteiger partial charge in [0.15, 0.2) is 0 Å². The predicted octanol–water partition coefficient (Wildman–Crippen LogP) is 5.40. The monoisotopic (exact) mass is 398 g/mol. The second-order valence-corrected chi connectivity index (χ2v) is 8.38. The molecule has 0 amide bonds. The molecule has 4 rings (SSSR count). The fourth-order valence-electron chi connectivity index (χ4n) is 3.39. The highest BCUT2D eigenvalue weighted by molar-refractivity contribution is 8.01. The lowest BCUT2D eigenvalue weighted by Crippen LogP contribution is -2.29. The highest BCUT2D eigenvalue weighted by Crippen LogP contribution is 2.36. The Balaban J connectivity index is 1.51. The Labute approximate surface area is 177 Å². The molecule has 0 N–H and O–H groups in total. The number of thiol groups is 1. The zero-order valence-electron chi connectivity index (χ0n) is 16.7. The van der Waals surface area contributed by atoms with Gasteiger partial charge in [0.25, 0.3) is 0 Å². The molecule has 0 saturated carbocycles. The lowest BCUT2D eigenvalue weighted by atomic mass is 9.96. The van der Waals surface area contributed by atoms with Crippen molar-refractivity contribution >= 4 is 18.0 Å². The molecule has 0 bridgehead atoms. The van der Waals surface area contributed by atoms with Gasteiger partial charge in [0.05, 0.1) is 13.2 Å². The molecule has 3 heteroatoms. The Hall–Kier alpha value is -2.93. The SMILES string of the molecule is COc1ccc(CC#CC2=CC3=C/C(=C\c4ccccc4)[SH]N(C)C3C=C2)cc1. The zero-order valence-corrected chi connectivity index (χ0v) is 17.6. The third-order valence-corrected chi connectivity index (χ3v) is 5.96. The van der Waals surface area contributed by atoms with E-state index in [9.17, 15) is 0 Å². The van der Waals surface area contributed by atoms with Gasteiger partial charge in [0.1, 0.15) is 5.75 Å². The molecule has 0 spiro atoms. The Morgan fingerprint density at radius 3 is 2.62 bits per heavy atom. The summed E-state index contributed by atoms with van der Waals surface area (Å²) in [6.07, 6.45) is 11.9. The largest absolute Gasteiger partial charge is 0.497 e. The molecule has 0 aromatic heterocycles. The van der Waals surface area contributed by atoms with E-state index in [-0.39, 0.29) is 0 Å². The number of allylic oxidation sites excluding steroid dienone is 3. The van der Waals surface area contributed by atoms with Crippen molar-refractivity contribution < 1.29 is 4.74 Å². The molecule has 1 aliphatic carbocycles. The summed E-state index contributed by atoms with van der Waals surface area (Å²) in [7, 11) is 3.85. The van der Waals surface area contributed by atoms with Crippen LogP contribution in [0.15, 0.2) is 95.0 Å². The van der Waals surface area contributed by atoms with E-state index < -0.39 is 0 Å². The van der Waals surface area contributed by atoms with Crippen LogP contribution >= 0.6 is 11.9 Å². The smallest absolute Gasteiger partial charge is 0.118 e. The van der Waals surface area contributed by atoms with Crippen LogP contribution in [0.5, 0.6) is 5.75 Å². The van der Waals surface area contributed by atoms with E-state index in [4.69, 9.17) is 4.74 Å². The molecule has 29 heavy (non-hydrogen) atoms. The van der Waals surface area contributed by atoms with E-state index in [0.29, 0.717) is 6.04 Å². The first kappa shape index (κ1) is 19.4. The maximum Gasteiger partial charge on any atom is 0.118 e. The van der Waals surface area contributed by atoms with E-state index in [2.05, 4.69) is 90.0 Å². The Bertz CT molecular complexity index is 1050. The van der Waals surface area contributed by atoms with E-state index >= 15 is 0 Å². The van der Waals surface area contributed by atoms with Crippen molar-refractivity contribution in [2.24, 2.45) is 0 Å². The minimum Gasteiger partial charge on any atom is -0.497 e. The van der Waals surface area contributed by atoms with Gasteiger partial charge in [-0.2, -0.15) is 0 Å².